The van der Waals surface area contributed by atoms with Crippen LogP contribution in [0.2, 0.25) is 0 Å². The van der Waals surface area contributed by atoms with Crippen LogP contribution in [0.5, 0.6) is 0 Å². The number of non-ortho nitro benzene ring substituents is 1. The van der Waals surface area contributed by atoms with Crippen molar-refractivity contribution < 1.29 is 19.9 Å². The Morgan fingerprint density at radius 2 is 2.00 bits per heavy atom. The Hall–Kier alpha value is -1.95. The number of nitro benzene ring substituents is 1. The summed E-state index contributed by atoms with van der Waals surface area (Å²) in [5.41, 5.74) is -0.727. The summed E-state index contributed by atoms with van der Waals surface area (Å²) in [5.74, 6) is -1.28. The Labute approximate surface area is 109 Å². The number of benzene rings is 1. The maximum absolute atomic E-state index is 10.9. The normalized spacial score (nSPS) is 26.9. The molecule has 1 aliphatic rings. The molecule has 1 aromatic rings. The van der Waals surface area contributed by atoms with Gasteiger partial charge < -0.3 is 10.2 Å². The highest BCUT2D eigenvalue weighted by atomic mass is 16.6. The Morgan fingerprint density at radius 3 is 2.53 bits per heavy atom. The maximum Gasteiger partial charge on any atom is 0.306 e. The largest absolute Gasteiger partial charge is 0.481 e. The molecule has 6 nitrogen and oxygen atoms in total. The molecule has 1 aliphatic carbocycles. The molecule has 0 aromatic heterocycles. The summed E-state index contributed by atoms with van der Waals surface area (Å²) in [6.07, 6.45) is 1.39. The van der Waals surface area contributed by atoms with Gasteiger partial charge in [-0.25, -0.2) is 0 Å². The molecule has 0 spiro atoms. The zero-order valence-electron chi connectivity index (χ0n) is 10.3. The van der Waals surface area contributed by atoms with Gasteiger partial charge in [0.05, 0.1) is 16.4 Å². The van der Waals surface area contributed by atoms with Crippen molar-refractivity contribution in [3.05, 3.63) is 39.9 Å². The minimum atomic E-state index is -1.15. The molecule has 1 aromatic carbocycles. The molecule has 6 heteroatoms. The van der Waals surface area contributed by atoms with Gasteiger partial charge in [0, 0.05) is 12.1 Å². The number of hydrogen-bond acceptors (Lipinski definition) is 4. The highest BCUT2D eigenvalue weighted by Gasteiger charge is 2.37. The van der Waals surface area contributed by atoms with Crippen LogP contribution in [-0.2, 0) is 10.4 Å². The summed E-state index contributed by atoms with van der Waals surface area (Å²) in [5, 5.41) is 30.2. The molecule has 0 saturated heterocycles. The van der Waals surface area contributed by atoms with Crippen molar-refractivity contribution in [1.82, 2.24) is 0 Å². The molecule has 102 valence electrons. The second kappa shape index (κ2) is 4.97. The van der Waals surface area contributed by atoms with Gasteiger partial charge in [0.25, 0.3) is 5.69 Å². The highest BCUT2D eigenvalue weighted by Crippen LogP contribution is 2.40. The minimum absolute atomic E-state index is 0.0636. The molecule has 0 atom stereocenters. The smallest absolute Gasteiger partial charge is 0.306 e. The van der Waals surface area contributed by atoms with E-state index in [4.69, 9.17) is 5.11 Å². The SMILES string of the molecule is O=C(O)C1CCC(O)(c2cccc([N+](=O)[O-])c2)CC1. The zero-order chi connectivity index (χ0) is 14.0. The predicted octanol–water partition coefficient (Wildman–Crippen LogP) is 2.06. The summed E-state index contributed by atoms with van der Waals surface area (Å²) in [7, 11) is 0. The Kier molecular flexibility index (Phi) is 3.53. The second-order valence-corrected chi connectivity index (χ2v) is 4.95. The third kappa shape index (κ3) is 2.73. The lowest BCUT2D eigenvalue weighted by atomic mass is 9.75. The van der Waals surface area contributed by atoms with Crippen LogP contribution in [-0.4, -0.2) is 21.1 Å². The van der Waals surface area contributed by atoms with Crippen LogP contribution in [0.4, 0.5) is 5.69 Å². The van der Waals surface area contributed by atoms with E-state index in [2.05, 4.69) is 0 Å². The average Bonchev–Trinajstić information content (AvgIpc) is 2.39. The van der Waals surface area contributed by atoms with Crippen LogP contribution >= 0.6 is 0 Å². The van der Waals surface area contributed by atoms with Gasteiger partial charge in [-0.15, -0.1) is 0 Å². The van der Waals surface area contributed by atoms with Gasteiger partial charge in [-0.1, -0.05) is 12.1 Å². The Balaban J connectivity index is 2.20. The van der Waals surface area contributed by atoms with E-state index in [0.717, 1.165) is 0 Å². The van der Waals surface area contributed by atoms with E-state index >= 15 is 0 Å². The molecule has 0 bridgehead atoms. The van der Waals surface area contributed by atoms with E-state index in [1.807, 2.05) is 0 Å². The first kappa shape index (κ1) is 13.5. The summed E-state index contributed by atoms with van der Waals surface area (Å²) >= 11 is 0. The molecule has 0 radical (unpaired) electrons. The number of hydrogen-bond donors (Lipinski definition) is 2. The Morgan fingerprint density at radius 1 is 1.37 bits per heavy atom. The zero-order valence-corrected chi connectivity index (χ0v) is 10.3. The van der Waals surface area contributed by atoms with Gasteiger partial charge in [-0.05, 0) is 31.2 Å². The average molecular weight is 265 g/mol. The first-order valence-electron chi connectivity index (χ1n) is 6.12. The summed E-state index contributed by atoms with van der Waals surface area (Å²) in [6, 6.07) is 5.92. The van der Waals surface area contributed by atoms with Crippen molar-refractivity contribution in [3.8, 4) is 0 Å². The summed E-state index contributed by atoms with van der Waals surface area (Å²) in [4.78, 5) is 21.1. The van der Waals surface area contributed by atoms with E-state index in [1.165, 1.54) is 18.2 Å². The fourth-order valence-corrected chi connectivity index (χ4v) is 2.54. The van der Waals surface area contributed by atoms with Crippen molar-refractivity contribution >= 4 is 11.7 Å². The molecule has 19 heavy (non-hydrogen) atoms. The van der Waals surface area contributed by atoms with Crippen LogP contribution < -0.4 is 0 Å². The number of carbonyl (C=O) groups is 1. The van der Waals surface area contributed by atoms with E-state index < -0.39 is 22.4 Å². The molecule has 1 fully saturated rings. The summed E-state index contributed by atoms with van der Waals surface area (Å²) < 4.78 is 0. The number of carboxylic acid groups (broad SMARTS) is 1. The van der Waals surface area contributed by atoms with Gasteiger partial charge in [0.2, 0.25) is 0 Å². The van der Waals surface area contributed by atoms with E-state index in [1.54, 1.807) is 6.07 Å². The van der Waals surface area contributed by atoms with Crippen molar-refractivity contribution in [2.75, 3.05) is 0 Å². The number of carboxylic acids is 1. The monoisotopic (exact) mass is 265 g/mol. The van der Waals surface area contributed by atoms with Crippen molar-refractivity contribution in [3.63, 3.8) is 0 Å². The molecule has 0 amide bonds. The second-order valence-electron chi connectivity index (χ2n) is 4.95. The first-order valence-corrected chi connectivity index (χ1v) is 6.12. The molecule has 1 saturated carbocycles. The highest BCUT2D eigenvalue weighted by molar-refractivity contribution is 5.70. The molecule has 2 N–H and O–H groups in total. The number of aliphatic carboxylic acids is 1. The molecular weight excluding hydrogens is 250 g/mol. The standard InChI is InChI=1S/C13H15NO5/c15-12(16)9-4-6-13(17,7-5-9)10-2-1-3-11(8-10)14(18)19/h1-3,8-9,17H,4-7H2,(H,15,16). The van der Waals surface area contributed by atoms with Crippen LogP contribution in [0.3, 0.4) is 0 Å². The lowest BCUT2D eigenvalue weighted by Crippen LogP contribution is -2.33. The van der Waals surface area contributed by atoms with Gasteiger partial charge >= 0.3 is 5.97 Å². The summed E-state index contributed by atoms with van der Waals surface area (Å²) in [6.45, 7) is 0. The molecule has 0 aliphatic heterocycles. The van der Waals surface area contributed by atoms with E-state index in [-0.39, 0.29) is 5.69 Å². The minimum Gasteiger partial charge on any atom is -0.481 e. The van der Waals surface area contributed by atoms with Crippen molar-refractivity contribution in [2.45, 2.75) is 31.3 Å². The third-order valence-electron chi connectivity index (χ3n) is 3.76. The number of nitro groups is 1. The quantitative estimate of drug-likeness (QED) is 0.643. The fourth-order valence-electron chi connectivity index (χ4n) is 2.54. The van der Waals surface area contributed by atoms with E-state index in [9.17, 15) is 20.0 Å². The van der Waals surface area contributed by atoms with Crippen LogP contribution in [0.1, 0.15) is 31.2 Å². The maximum atomic E-state index is 10.9. The van der Waals surface area contributed by atoms with Crippen LogP contribution in [0.25, 0.3) is 0 Å². The first-order chi connectivity index (χ1) is 8.92. The van der Waals surface area contributed by atoms with E-state index in [0.29, 0.717) is 31.2 Å². The topological polar surface area (TPSA) is 101 Å². The number of rotatable bonds is 3. The lowest BCUT2D eigenvalue weighted by Gasteiger charge is -2.34. The number of aliphatic hydroxyl groups is 1. The van der Waals surface area contributed by atoms with Crippen LogP contribution in [0.15, 0.2) is 24.3 Å². The van der Waals surface area contributed by atoms with Gasteiger partial charge in [0.1, 0.15) is 0 Å². The van der Waals surface area contributed by atoms with Gasteiger partial charge in [-0.3, -0.25) is 14.9 Å². The molecule has 2 rings (SSSR count). The molecular formula is C13H15NO5. The Bertz CT molecular complexity index is 506. The molecule has 0 heterocycles. The number of nitrogens with zero attached hydrogens (tertiary/aromatic N) is 1. The predicted molar refractivity (Wildman–Crippen MR) is 66.6 cm³/mol. The van der Waals surface area contributed by atoms with Crippen molar-refractivity contribution in [2.24, 2.45) is 5.92 Å². The van der Waals surface area contributed by atoms with Crippen molar-refractivity contribution in [1.29, 1.82) is 0 Å². The third-order valence-corrected chi connectivity index (χ3v) is 3.76. The molecule has 0 unspecified atom stereocenters. The van der Waals surface area contributed by atoms with Gasteiger partial charge in [-0.2, -0.15) is 0 Å². The van der Waals surface area contributed by atoms with Crippen LogP contribution in [0, 0.1) is 16.0 Å². The van der Waals surface area contributed by atoms with Gasteiger partial charge in [0.15, 0.2) is 0 Å². The fraction of sp³-hybridized carbons (Fsp3) is 0.462. The lowest BCUT2D eigenvalue weighted by molar-refractivity contribution is -0.385.